The number of benzene rings is 3. The number of carbonyl (C=O) groups excluding carboxylic acids is 3. The molecule has 1 aromatic heterocycles. The van der Waals surface area contributed by atoms with Crippen molar-refractivity contribution >= 4 is 40.5 Å². The molecule has 4 amide bonds. The number of rotatable bonds is 6. The first-order valence-corrected chi connectivity index (χ1v) is 12.1. The van der Waals surface area contributed by atoms with Crippen molar-refractivity contribution in [2.75, 3.05) is 4.90 Å². The van der Waals surface area contributed by atoms with Crippen LogP contribution in [-0.2, 0) is 16.1 Å². The molecule has 1 unspecified atom stereocenters. The number of hydrogen-bond donors (Lipinski definition) is 1. The predicted molar refractivity (Wildman–Crippen MR) is 142 cm³/mol. The van der Waals surface area contributed by atoms with Gasteiger partial charge >= 0.3 is 6.03 Å². The number of para-hydroxylation sites is 1. The molecule has 4 aromatic rings. The Morgan fingerprint density at radius 2 is 1.58 bits per heavy atom. The lowest BCUT2D eigenvalue weighted by molar-refractivity contribution is -0.122. The zero-order chi connectivity index (χ0) is 25.2. The van der Waals surface area contributed by atoms with E-state index in [1.807, 2.05) is 60.8 Å². The van der Waals surface area contributed by atoms with Crippen LogP contribution < -0.4 is 10.2 Å². The van der Waals surface area contributed by atoms with Crippen molar-refractivity contribution in [3.8, 4) is 0 Å². The Bertz CT molecular complexity index is 1480. The van der Waals surface area contributed by atoms with Crippen molar-refractivity contribution in [1.82, 2.24) is 9.88 Å². The smallest absolute Gasteiger partial charge is 0.335 e. The number of barbiturate groups is 1. The molecule has 0 aliphatic carbocycles. The molecule has 0 spiro atoms. The second-order valence-corrected chi connectivity index (χ2v) is 9.07. The molecule has 2 heterocycles. The largest absolute Gasteiger partial charge is 0.342 e. The third-order valence-electron chi connectivity index (χ3n) is 6.75. The molecule has 3 aromatic carbocycles. The summed E-state index contributed by atoms with van der Waals surface area (Å²) in [6, 6.07) is 24.5. The number of carbonyl (C=O) groups is 3. The van der Waals surface area contributed by atoms with Crippen LogP contribution in [0.15, 0.2) is 90.6 Å². The van der Waals surface area contributed by atoms with Gasteiger partial charge in [0.05, 0.1) is 5.69 Å². The molecular formula is C30H27N3O3. The van der Waals surface area contributed by atoms with Gasteiger partial charge in [-0.1, -0.05) is 74.5 Å². The summed E-state index contributed by atoms with van der Waals surface area (Å²) < 4.78 is 2.10. The van der Waals surface area contributed by atoms with E-state index < -0.39 is 17.8 Å². The fraction of sp³-hybridized carbons (Fsp3) is 0.167. The monoisotopic (exact) mass is 477 g/mol. The normalized spacial score (nSPS) is 16.0. The van der Waals surface area contributed by atoms with Crippen molar-refractivity contribution in [2.45, 2.75) is 32.7 Å². The van der Waals surface area contributed by atoms with Gasteiger partial charge in [-0.3, -0.25) is 14.9 Å². The Balaban J connectivity index is 1.52. The van der Waals surface area contributed by atoms with Gasteiger partial charge in [-0.05, 0) is 47.7 Å². The predicted octanol–water partition coefficient (Wildman–Crippen LogP) is 5.87. The molecule has 5 rings (SSSR count). The number of urea groups is 1. The summed E-state index contributed by atoms with van der Waals surface area (Å²) in [7, 11) is 0. The fourth-order valence-corrected chi connectivity index (χ4v) is 4.54. The van der Waals surface area contributed by atoms with Crippen LogP contribution in [0.25, 0.3) is 17.0 Å². The van der Waals surface area contributed by atoms with Crippen LogP contribution in [0.1, 0.15) is 42.9 Å². The van der Waals surface area contributed by atoms with E-state index in [1.165, 1.54) is 0 Å². The molecule has 1 aliphatic rings. The first kappa shape index (κ1) is 23.3. The molecule has 1 saturated heterocycles. The molecule has 0 saturated carbocycles. The summed E-state index contributed by atoms with van der Waals surface area (Å²) >= 11 is 0. The van der Waals surface area contributed by atoms with E-state index in [0.29, 0.717) is 18.2 Å². The minimum absolute atomic E-state index is 0.0804. The molecule has 180 valence electrons. The molecule has 1 aliphatic heterocycles. The third kappa shape index (κ3) is 4.33. The zero-order valence-electron chi connectivity index (χ0n) is 20.3. The second kappa shape index (κ2) is 9.66. The molecule has 36 heavy (non-hydrogen) atoms. The first-order chi connectivity index (χ1) is 17.5. The highest BCUT2D eigenvalue weighted by Crippen LogP contribution is 2.28. The number of imide groups is 2. The van der Waals surface area contributed by atoms with Crippen molar-refractivity contribution in [3.63, 3.8) is 0 Å². The van der Waals surface area contributed by atoms with Crippen molar-refractivity contribution in [2.24, 2.45) is 0 Å². The lowest BCUT2D eigenvalue weighted by atomic mass is 9.98. The Morgan fingerprint density at radius 3 is 2.31 bits per heavy atom. The van der Waals surface area contributed by atoms with Gasteiger partial charge in [-0.15, -0.1) is 0 Å². The SMILES string of the molecule is CCC(C)c1ccc(N2C(=O)NC(=O)/C(=C/c3cn(Cc4ccccc4)c4ccccc34)C2=O)cc1. The molecule has 1 atom stereocenters. The van der Waals surface area contributed by atoms with E-state index in [0.717, 1.165) is 38.9 Å². The van der Waals surface area contributed by atoms with Crippen LogP contribution in [0.5, 0.6) is 0 Å². The number of aromatic nitrogens is 1. The minimum Gasteiger partial charge on any atom is -0.342 e. The lowest BCUT2D eigenvalue weighted by Crippen LogP contribution is -2.54. The number of hydrogen-bond acceptors (Lipinski definition) is 3. The Labute approximate surface area is 209 Å². The van der Waals surface area contributed by atoms with Gasteiger partial charge < -0.3 is 4.57 Å². The summed E-state index contributed by atoms with van der Waals surface area (Å²) in [6.07, 6.45) is 4.50. The highest BCUT2D eigenvalue weighted by Gasteiger charge is 2.37. The van der Waals surface area contributed by atoms with E-state index in [1.54, 1.807) is 18.2 Å². The van der Waals surface area contributed by atoms with Crippen LogP contribution in [0.4, 0.5) is 10.5 Å². The number of fused-ring (bicyclic) bond motifs is 1. The number of nitrogens with zero attached hydrogens (tertiary/aromatic N) is 2. The summed E-state index contributed by atoms with van der Waals surface area (Å²) in [5, 5.41) is 3.24. The summed E-state index contributed by atoms with van der Waals surface area (Å²) in [6.45, 7) is 4.89. The molecule has 0 radical (unpaired) electrons. The Morgan fingerprint density at radius 1 is 0.889 bits per heavy atom. The van der Waals surface area contributed by atoms with Crippen LogP contribution >= 0.6 is 0 Å². The van der Waals surface area contributed by atoms with E-state index >= 15 is 0 Å². The van der Waals surface area contributed by atoms with Gasteiger partial charge in [0.2, 0.25) is 0 Å². The van der Waals surface area contributed by atoms with Gasteiger partial charge in [0, 0.05) is 29.2 Å². The maximum absolute atomic E-state index is 13.4. The van der Waals surface area contributed by atoms with E-state index in [9.17, 15) is 14.4 Å². The molecule has 1 fully saturated rings. The van der Waals surface area contributed by atoms with E-state index in [4.69, 9.17) is 0 Å². The summed E-state index contributed by atoms with van der Waals surface area (Å²) in [5.41, 5.74) is 4.34. The quantitative estimate of drug-likeness (QED) is 0.279. The Hall–Kier alpha value is -4.45. The fourth-order valence-electron chi connectivity index (χ4n) is 4.54. The van der Waals surface area contributed by atoms with Gasteiger partial charge in [-0.2, -0.15) is 0 Å². The van der Waals surface area contributed by atoms with E-state index in [-0.39, 0.29) is 5.57 Å². The summed E-state index contributed by atoms with van der Waals surface area (Å²) in [5.74, 6) is -0.965. The topological polar surface area (TPSA) is 71.4 Å². The van der Waals surface area contributed by atoms with Crippen molar-refractivity contribution in [1.29, 1.82) is 0 Å². The van der Waals surface area contributed by atoms with Gasteiger partial charge in [0.25, 0.3) is 11.8 Å². The molecule has 6 nitrogen and oxygen atoms in total. The average Bonchev–Trinajstić information content (AvgIpc) is 3.24. The van der Waals surface area contributed by atoms with Gasteiger partial charge in [-0.25, -0.2) is 9.69 Å². The zero-order valence-corrected chi connectivity index (χ0v) is 20.3. The standard InChI is InChI=1S/C30H27N3O3/c1-3-20(2)22-13-15-24(16-14-22)33-29(35)26(28(34)31-30(33)36)17-23-19-32(18-21-9-5-4-6-10-21)27-12-8-7-11-25(23)27/h4-17,19-20H,3,18H2,1-2H3,(H,31,34,36)/b26-17-. The molecular weight excluding hydrogens is 450 g/mol. The highest BCUT2D eigenvalue weighted by molar-refractivity contribution is 6.39. The molecule has 1 N–H and O–H groups in total. The van der Waals surface area contributed by atoms with Gasteiger partial charge in [0.15, 0.2) is 0 Å². The maximum atomic E-state index is 13.4. The van der Waals surface area contributed by atoms with Crippen molar-refractivity contribution in [3.05, 3.63) is 107 Å². The average molecular weight is 478 g/mol. The van der Waals surface area contributed by atoms with Crippen molar-refractivity contribution < 1.29 is 14.4 Å². The van der Waals surface area contributed by atoms with Crippen LogP contribution in [0.2, 0.25) is 0 Å². The Kier molecular flexibility index (Phi) is 6.25. The lowest BCUT2D eigenvalue weighted by Gasteiger charge is -2.26. The van der Waals surface area contributed by atoms with Crippen LogP contribution in [0.3, 0.4) is 0 Å². The summed E-state index contributed by atoms with van der Waals surface area (Å²) in [4.78, 5) is 39.9. The van der Waals surface area contributed by atoms with E-state index in [2.05, 4.69) is 35.9 Å². The maximum Gasteiger partial charge on any atom is 0.335 e. The first-order valence-electron chi connectivity index (χ1n) is 12.1. The second-order valence-electron chi connectivity index (χ2n) is 9.07. The van der Waals surface area contributed by atoms with Crippen LogP contribution in [0, 0.1) is 0 Å². The molecule has 6 heteroatoms. The van der Waals surface area contributed by atoms with Crippen LogP contribution in [-0.4, -0.2) is 22.4 Å². The number of amides is 4. The highest BCUT2D eigenvalue weighted by atomic mass is 16.2. The number of nitrogens with one attached hydrogen (secondary N) is 1. The van der Waals surface area contributed by atoms with Gasteiger partial charge in [0.1, 0.15) is 5.57 Å². The third-order valence-corrected chi connectivity index (χ3v) is 6.75. The molecule has 0 bridgehead atoms. The number of anilines is 1. The minimum atomic E-state index is -0.745.